The van der Waals surface area contributed by atoms with Crippen LogP contribution >= 0.6 is 0 Å². The Bertz CT molecular complexity index is 761. The second-order valence-corrected chi connectivity index (χ2v) is 7.16. The molecule has 2 fully saturated rings. The summed E-state index contributed by atoms with van der Waals surface area (Å²) in [5.41, 5.74) is 1.49. The van der Waals surface area contributed by atoms with Crippen LogP contribution in [0.25, 0.3) is 0 Å². The third kappa shape index (κ3) is 1.69. The molecule has 3 atom stereocenters. The van der Waals surface area contributed by atoms with E-state index in [9.17, 15) is 19.2 Å². The maximum Gasteiger partial charge on any atom is 0.255 e. The minimum Gasteiger partial charge on any atom is -0.289 e. The quantitative estimate of drug-likeness (QED) is 0.735. The first-order valence-electron chi connectivity index (χ1n) is 7.98. The molecular formula is C17H18N2O4. The maximum absolute atomic E-state index is 12.4. The number of carbonyl (C=O) groups excluding carboxylic acids is 4. The van der Waals surface area contributed by atoms with Crippen LogP contribution in [-0.2, 0) is 19.2 Å². The Hall–Kier alpha value is -2.24. The van der Waals surface area contributed by atoms with Crippen molar-refractivity contribution in [3.05, 3.63) is 22.3 Å². The predicted octanol–water partition coefficient (Wildman–Crippen LogP) is 0.739. The second kappa shape index (κ2) is 4.40. The number of amides is 4. The van der Waals surface area contributed by atoms with Crippen LogP contribution in [-0.4, -0.2) is 23.6 Å². The topological polar surface area (TPSA) is 92.3 Å². The molecule has 6 heteroatoms. The van der Waals surface area contributed by atoms with E-state index in [1.807, 2.05) is 0 Å². The molecule has 2 aliphatic carbocycles. The van der Waals surface area contributed by atoms with Crippen molar-refractivity contribution in [3.8, 4) is 0 Å². The van der Waals surface area contributed by atoms with E-state index in [-0.39, 0.29) is 29.5 Å². The van der Waals surface area contributed by atoms with Crippen LogP contribution in [0.2, 0.25) is 0 Å². The molecule has 2 bridgehead atoms. The Balaban J connectivity index is 1.87. The van der Waals surface area contributed by atoms with Gasteiger partial charge in [-0.1, -0.05) is 0 Å². The van der Waals surface area contributed by atoms with Crippen LogP contribution < -0.4 is 10.6 Å². The van der Waals surface area contributed by atoms with Crippen molar-refractivity contribution < 1.29 is 19.2 Å². The minimum atomic E-state index is -0.483. The van der Waals surface area contributed by atoms with E-state index in [0.717, 1.165) is 25.7 Å². The monoisotopic (exact) mass is 314 g/mol. The second-order valence-electron chi connectivity index (χ2n) is 7.16. The lowest BCUT2D eigenvalue weighted by molar-refractivity contribution is -0.126. The summed E-state index contributed by atoms with van der Waals surface area (Å²) in [7, 11) is 0. The molecule has 6 nitrogen and oxygen atoms in total. The Morgan fingerprint density at radius 1 is 0.913 bits per heavy atom. The molecule has 4 aliphatic rings. The molecular weight excluding hydrogens is 296 g/mol. The van der Waals surface area contributed by atoms with E-state index in [1.165, 1.54) is 0 Å². The molecule has 3 unspecified atom stereocenters. The van der Waals surface area contributed by atoms with Gasteiger partial charge >= 0.3 is 0 Å². The molecule has 120 valence electrons. The maximum atomic E-state index is 12.4. The number of fused-ring (bicyclic) bond motifs is 2. The van der Waals surface area contributed by atoms with Crippen LogP contribution in [0.1, 0.15) is 39.5 Å². The molecule has 2 saturated carbocycles. The van der Waals surface area contributed by atoms with Crippen molar-refractivity contribution in [2.75, 3.05) is 0 Å². The molecule has 4 amide bonds. The lowest BCUT2D eigenvalue weighted by atomic mass is 9.65. The van der Waals surface area contributed by atoms with Gasteiger partial charge in [0.05, 0.1) is 0 Å². The summed E-state index contributed by atoms with van der Waals surface area (Å²) in [4.78, 5) is 48.4. The summed E-state index contributed by atoms with van der Waals surface area (Å²) in [6.45, 7) is 3.34. The van der Waals surface area contributed by atoms with Gasteiger partial charge in [0.2, 0.25) is 0 Å². The highest BCUT2D eigenvalue weighted by atomic mass is 16.2. The van der Waals surface area contributed by atoms with Gasteiger partial charge in [0.15, 0.2) is 0 Å². The number of rotatable bonds is 2. The van der Waals surface area contributed by atoms with Gasteiger partial charge in [-0.15, -0.1) is 0 Å². The fourth-order valence-corrected chi connectivity index (χ4v) is 5.17. The summed E-state index contributed by atoms with van der Waals surface area (Å²) >= 11 is 0. The number of imide groups is 2. The molecule has 0 aromatic rings. The zero-order valence-corrected chi connectivity index (χ0v) is 13.1. The van der Waals surface area contributed by atoms with Crippen molar-refractivity contribution in [2.24, 2.45) is 17.3 Å². The fraction of sp³-hybridized carbons (Fsp3) is 0.529. The predicted molar refractivity (Wildman–Crippen MR) is 79.6 cm³/mol. The van der Waals surface area contributed by atoms with Gasteiger partial charge in [-0.05, 0) is 51.4 Å². The van der Waals surface area contributed by atoms with Gasteiger partial charge in [0.1, 0.15) is 0 Å². The van der Waals surface area contributed by atoms with E-state index in [1.54, 1.807) is 13.8 Å². The van der Waals surface area contributed by atoms with Crippen molar-refractivity contribution in [1.82, 2.24) is 10.6 Å². The van der Waals surface area contributed by atoms with Crippen LogP contribution in [0.4, 0.5) is 0 Å². The third-order valence-corrected chi connectivity index (χ3v) is 6.12. The molecule has 2 aliphatic heterocycles. The van der Waals surface area contributed by atoms with E-state index >= 15 is 0 Å². The molecule has 2 heterocycles. The summed E-state index contributed by atoms with van der Waals surface area (Å²) in [5, 5.41) is 4.73. The van der Waals surface area contributed by atoms with Gasteiger partial charge in [0.25, 0.3) is 23.6 Å². The lowest BCUT2D eigenvalue weighted by Gasteiger charge is -2.36. The molecule has 0 spiro atoms. The number of hydrogen-bond donors (Lipinski definition) is 2. The summed E-state index contributed by atoms with van der Waals surface area (Å²) < 4.78 is 0. The molecule has 0 aromatic carbocycles. The average Bonchev–Trinajstić information content (AvgIpc) is 3.16. The smallest absolute Gasteiger partial charge is 0.255 e. The third-order valence-electron chi connectivity index (χ3n) is 6.12. The van der Waals surface area contributed by atoms with Crippen LogP contribution in [0.15, 0.2) is 22.3 Å². The number of nitrogens with one attached hydrogen (secondary N) is 2. The van der Waals surface area contributed by atoms with E-state index in [0.29, 0.717) is 28.2 Å². The Labute approximate surface area is 133 Å². The van der Waals surface area contributed by atoms with E-state index < -0.39 is 5.41 Å². The first kappa shape index (κ1) is 14.4. The van der Waals surface area contributed by atoms with Gasteiger partial charge in [-0.2, -0.15) is 0 Å². The fourth-order valence-electron chi connectivity index (χ4n) is 5.17. The van der Waals surface area contributed by atoms with Gasteiger partial charge < -0.3 is 0 Å². The molecule has 0 saturated heterocycles. The average molecular weight is 314 g/mol. The number of hydrogen-bond acceptors (Lipinski definition) is 4. The Morgan fingerprint density at radius 3 is 2.09 bits per heavy atom. The minimum absolute atomic E-state index is 0.158. The summed E-state index contributed by atoms with van der Waals surface area (Å²) in [6.07, 6.45) is 3.39. The van der Waals surface area contributed by atoms with Crippen molar-refractivity contribution in [2.45, 2.75) is 39.5 Å². The highest BCUT2D eigenvalue weighted by Crippen LogP contribution is 2.64. The summed E-state index contributed by atoms with van der Waals surface area (Å²) in [6, 6.07) is 0. The first-order valence-corrected chi connectivity index (χ1v) is 7.98. The zero-order valence-electron chi connectivity index (χ0n) is 13.1. The van der Waals surface area contributed by atoms with E-state index in [4.69, 9.17) is 0 Å². The van der Waals surface area contributed by atoms with Crippen molar-refractivity contribution in [3.63, 3.8) is 0 Å². The zero-order chi connectivity index (χ0) is 16.5. The molecule has 0 radical (unpaired) electrons. The molecule has 0 aromatic heterocycles. The largest absolute Gasteiger partial charge is 0.289 e. The van der Waals surface area contributed by atoms with E-state index in [2.05, 4.69) is 10.6 Å². The lowest BCUT2D eigenvalue weighted by Crippen LogP contribution is -2.36. The van der Waals surface area contributed by atoms with Crippen LogP contribution in [0.3, 0.4) is 0 Å². The normalized spacial score (nSPS) is 36.4. The first-order chi connectivity index (χ1) is 10.8. The Kier molecular flexibility index (Phi) is 2.75. The molecule has 4 rings (SSSR count). The molecule has 2 N–H and O–H groups in total. The number of carbonyl (C=O) groups is 4. The highest BCUT2D eigenvalue weighted by Gasteiger charge is 2.60. The standard InChI is InChI=1S/C17H18N2O4/c1-7-11(15(22)18-13(7)20)10-5-9-3-4-17(10,6-9)12-8(2)14(21)19-16(12)23/h9-10H,3-6H2,1-2H3,(H,18,20,22)(H,19,21,23). The van der Waals surface area contributed by atoms with Crippen molar-refractivity contribution in [1.29, 1.82) is 0 Å². The van der Waals surface area contributed by atoms with Crippen LogP contribution in [0.5, 0.6) is 0 Å². The SMILES string of the molecule is CC1=C(C2CC3CCC2(C2=C(C)C(=O)NC2=O)C3)C(=O)NC1=O. The van der Waals surface area contributed by atoms with Gasteiger partial charge in [-0.25, -0.2) is 0 Å². The van der Waals surface area contributed by atoms with Gasteiger partial charge in [0, 0.05) is 27.7 Å². The molecule has 23 heavy (non-hydrogen) atoms. The van der Waals surface area contributed by atoms with Crippen LogP contribution in [0, 0.1) is 17.3 Å². The van der Waals surface area contributed by atoms with Gasteiger partial charge in [-0.3, -0.25) is 29.8 Å². The van der Waals surface area contributed by atoms with Crippen molar-refractivity contribution >= 4 is 23.6 Å². The summed E-state index contributed by atoms with van der Waals surface area (Å²) in [5.74, 6) is -1.08. The highest BCUT2D eigenvalue weighted by molar-refractivity contribution is 6.21. The Morgan fingerprint density at radius 2 is 1.57 bits per heavy atom.